The summed E-state index contributed by atoms with van der Waals surface area (Å²) in [4.78, 5) is 32.1. The lowest BCUT2D eigenvalue weighted by Crippen LogP contribution is -2.29. The van der Waals surface area contributed by atoms with Gasteiger partial charge in [-0.1, -0.05) is 30.3 Å². The van der Waals surface area contributed by atoms with E-state index >= 15 is 0 Å². The number of thiazole rings is 1. The molecule has 8 heteroatoms. The summed E-state index contributed by atoms with van der Waals surface area (Å²) in [7, 11) is 1.49. The summed E-state index contributed by atoms with van der Waals surface area (Å²) in [5, 5.41) is 3.42. The standard InChI is InChI=1S/C24H25N3O4S/c1-16(28)18-8-9-20(21(12-18)30-2)31-15-23(29)26-24-25-19-10-11-27(14-22(19)32-24)13-17-6-4-3-5-7-17/h3-9,12H,10-11,13-15H2,1-2H3,(H,25,26,29). The molecule has 0 radical (unpaired) electrons. The molecule has 0 fully saturated rings. The van der Waals surface area contributed by atoms with Crippen LogP contribution in [-0.2, 0) is 24.3 Å². The number of anilines is 1. The van der Waals surface area contributed by atoms with E-state index in [0.29, 0.717) is 22.2 Å². The lowest BCUT2D eigenvalue weighted by molar-refractivity contribution is -0.118. The van der Waals surface area contributed by atoms with Gasteiger partial charge < -0.3 is 9.47 Å². The van der Waals surface area contributed by atoms with Gasteiger partial charge >= 0.3 is 0 Å². The maximum atomic E-state index is 12.4. The van der Waals surface area contributed by atoms with Crippen molar-refractivity contribution in [3.63, 3.8) is 0 Å². The van der Waals surface area contributed by atoms with Crippen molar-refractivity contribution in [1.29, 1.82) is 0 Å². The number of hydrogen-bond donors (Lipinski definition) is 1. The van der Waals surface area contributed by atoms with Gasteiger partial charge in [0.15, 0.2) is 29.0 Å². The Morgan fingerprint density at radius 2 is 1.97 bits per heavy atom. The molecule has 2 heterocycles. The Hall–Kier alpha value is -3.23. The number of carbonyl (C=O) groups excluding carboxylic acids is 2. The van der Waals surface area contributed by atoms with Crippen LogP contribution < -0.4 is 14.8 Å². The zero-order valence-electron chi connectivity index (χ0n) is 18.1. The van der Waals surface area contributed by atoms with E-state index in [2.05, 4.69) is 39.5 Å². The van der Waals surface area contributed by atoms with Crippen molar-refractivity contribution in [2.24, 2.45) is 0 Å². The first-order valence-electron chi connectivity index (χ1n) is 10.4. The molecule has 1 aliphatic rings. The monoisotopic (exact) mass is 451 g/mol. The van der Waals surface area contributed by atoms with Gasteiger partial charge in [-0.25, -0.2) is 4.98 Å². The van der Waals surface area contributed by atoms with Crippen LogP contribution in [0, 0.1) is 0 Å². The van der Waals surface area contributed by atoms with Gasteiger partial charge in [-0.15, -0.1) is 11.3 Å². The molecule has 0 bridgehead atoms. The van der Waals surface area contributed by atoms with Crippen LogP contribution in [0.3, 0.4) is 0 Å². The number of carbonyl (C=O) groups is 2. The van der Waals surface area contributed by atoms with Gasteiger partial charge in [0.1, 0.15) is 0 Å². The van der Waals surface area contributed by atoms with Crippen LogP contribution in [0.5, 0.6) is 11.5 Å². The zero-order valence-corrected chi connectivity index (χ0v) is 18.9. The second kappa shape index (κ2) is 9.93. The minimum Gasteiger partial charge on any atom is -0.493 e. The Balaban J connectivity index is 1.33. The fourth-order valence-corrected chi connectivity index (χ4v) is 4.65. The molecule has 0 spiro atoms. The number of benzene rings is 2. The maximum absolute atomic E-state index is 12.4. The summed E-state index contributed by atoms with van der Waals surface area (Å²) in [5.74, 6) is 0.453. The number of aromatic nitrogens is 1. The van der Waals surface area contributed by atoms with Gasteiger partial charge in [0.2, 0.25) is 0 Å². The highest BCUT2D eigenvalue weighted by Gasteiger charge is 2.21. The summed E-state index contributed by atoms with van der Waals surface area (Å²) >= 11 is 1.51. The lowest BCUT2D eigenvalue weighted by Gasteiger charge is -2.25. The molecule has 0 saturated heterocycles. The second-order valence-corrected chi connectivity index (χ2v) is 8.68. The Morgan fingerprint density at radius 3 is 2.72 bits per heavy atom. The van der Waals surface area contributed by atoms with Crippen LogP contribution in [0.4, 0.5) is 5.13 Å². The second-order valence-electron chi connectivity index (χ2n) is 7.59. The summed E-state index contributed by atoms with van der Waals surface area (Å²) in [5.41, 5.74) is 2.86. The number of Topliss-reactive ketones (excluding diaryl/α,β-unsaturated/α-hetero) is 1. The molecule has 32 heavy (non-hydrogen) atoms. The van der Waals surface area contributed by atoms with Gasteiger partial charge in [-0.2, -0.15) is 0 Å². The minimum atomic E-state index is -0.296. The highest BCUT2D eigenvalue weighted by molar-refractivity contribution is 7.15. The molecule has 1 amide bonds. The van der Waals surface area contributed by atoms with Crippen molar-refractivity contribution in [2.75, 3.05) is 25.6 Å². The number of methoxy groups -OCH3 is 1. The quantitative estimate of drug-likeness (QED) is 0.523. The van der Waals surface area contributed by atoms with Crippen molar-refractivity contribution < 1.29 is 19.1 Å². The third-order valence-electron chi connectivity index (χ3n) is 5.23. The highest BCUT2D eigenvalue weighted by atomic mass is 32.1. The van der Waals surface area contributed by atoms with Crippen LogP contribution in [0.25, 0.3) is 0 Å². The lowest BCUT2D eigenvalue weighted by atomic mass is 10.1. The average molecular weight is 452 g/mol. The Labute approximate surface area is 191 Å². The largest absolute Gasteiger partial charge is 0.493 e. The molecule has 1 N–H and O–H groups in total. The van der Waals surface area contributed by atoms with Crippen molar-refractivity contribution in [3.05, 3.63) is 70.2 Å². The molecular formula is C24H25N3O4S. The predicted molar refractivity (Wildman–Crippen MR) is 123 cm³/mol. The van der Waals surface area contributed by atoms with Crippen molar-refractivity contribution in [2.45, 2.75) is 26.4 Å². The summed E-state index contributed by atoms with van der Waals surface area (Å²) in [6.45, 7) is 3.97. The summed E-state index contributed by atoms with van der Waals surface area (Å²) < 4.78 is 10.9. The van der Waals surface area contributed by atoms with E-state index in [1.807, 2.05) is 6.07 Å². The third kappa shape index (κ3) is 5.33. The van der Waals surface area contributed by atoms with E-state index < -0.39 is 0 Å². The van der Waals surface area contributed by atoms with Gasteiger partial charge in [-0.3, -0.25) is 19.8 Å². The first kappa shape index (κ1) is 22.0. The number of nitrogens with zero attached hydrogens (tertiary/aromatic N) is 2. The molecule has 3 aromatic rings. The maximum Gasteiger partial charge on any atom is 0.264 e. The van der Waals surface area contributed by atoms with E-state index in [-0.39, 0.29) is 18.3 Å². The number of hydrogen-bond acceptors (Lipinski definition) is 7. The number of ketones is 1. The summed E-state index contributed by atoms with van der Waals surface area (Å²) in [6.07, 6.45) is 0.866. The number of rotatable bonds is 8. The van der Waals surface area contributed by atoms with Crippen LogP contribution in [0.1, 0.15) is 33.4 Å². The Morgan fingerprint density at radius 1 is 1.16 bits per heavy atom. The SMILES string of the molecule is COc1cc(C(C)=O)ccc1OCC(=O)Nc1nc2c(s1)CN(Cc1ccccc1)CC2. The van der Waals surface area contributed by atoms with Crippen molar-refractivity contribution in [1.82, 2.24) is 9.88 Å². The number of amides is 1. The van der Waals surface area contributed by atoms with E-state index in [9.17, 15) is 9.59 Å². The Bertz CT molecular complexity index is 1110. The van der Waals surface area contributed by atoms with Crippen LogP contribution >= 0.6 is 11.3 Å². The highest BCUT2D eigenvalue weighted by Crippen LogP contribution is 2.30. The molecule has 4 rings (SSSR count). The van der Waals surface area contributed by atoms with E-state index in [1.165, 1.54) is 35.8 Å². The van der Waals surface area contributed by atoms with E-state index in [4.69, 9.17) is 9.47 Å². The molecule has 0 aliphatic carbocycles. The average Bonchev–Trinajstić information content (AvgIpc) is 3.19. The van der Waals surface area contributed by atoms with Crippen molar-refractivity contribution >= 4 is 28.2 Å². The van der Waals surface area contributed by atoms with Crippen LogP contribution in [0.15, 0.2) is 48.5 Å². The minimum absolute atomic E-state index is 0.0670. The molecule has 1 aromatic heterocycles. The number of fused-ring (bicyclic) bond motifs is 1. The molecule has 1 aliphatic heterocycles. The van der Waals surface area contributed by atoms with Crippen LogP contribution in [-0.4, -0.2) is 41.8 Å². The summed E-state index contributed by atoms with van der Waals surface area (Å²) in [6, 6.07) is 15.3. The van der Waals surface area contributed by atoms with Crippen molar-refractivity contribution in [3.8, 4) is 11.5 Å². The smallest absolute Gasteiger partial charge is 0.264 e. The zero-order chi connectivity index (χ0) is 22.5. The van der Waals surface area contributed by atoms with Gasteiger partial charge in [-0.05, 0) is 30.7 Å². The van der Waals surface area contributed by atoms with Gasteiger partial charge in [0.05, 0.1) is 12.8 Å². The van der Waals surface area contributed by atoms with E-state index in [0.717, 1.165) is 31.7 Å². The van der Waals surface area contributed by atoms with E-state index in [1.54, 1.807) is 18.2 Å². The molecular weight excluding hydrogens is 426 g/mol. The first-order chi connectivity index (χ1) is 15.5. The fourth-order valence-electron chi connectivity index (χ4n) is 3.58. The molecule has 166 valence electrons. The fraction of sp³-hybridized carbons (Fsp3) is 0.292. The van der Waals surface area contributed by atoms with Gasteiger partial charge in [0, 0.05) is 36.5 Å². The third-order valence-corrected chi connectivity index (χ3v) is 6.23. The molecule has 0 saturated carbocycles. The molecule has 0 atom stereocenters. The number of ether oxygens (including phenoxy) is 2. The normalized spacial score (nSPS) is 13.3. The number of nitrogens with one attached hydrogen (secondary N) is 1. The van der Waals surface area contributed by atoms with Gasteiger partial charge in [0.25, 0.3) is 5.91 Å². The van der Waals surface area contributed by atoms with Crippen LogP contribution in [0.2, 0.25) is 0 Å². The predicted octanol–water partition coefficient (Wildman–Crippen LogP) is 3.93. The molecule has 7 nitrogen and oxygen atoms in total. The first-order valence-corrected chi connectivity index (χ1v) is 11.2. The Kier molecular flexibility index (Phi) is 6.82. The topological polar surface area (TPSA) is 80.8 Å². The molecule has 0 unspecified atom stereocenters. The molecule has 2 aromatic carbocycles.